The zero-order valence-corrected chi connectivity index (χ0v) is 12.3. The summed E-state index contributed by atoms with van der Waals surface area (Å²) >= 11 is 0. The van der Waals surface area contributed by atoms with Gasteiger partial charge in [-0.1, -0.05) is 60.7 Å². The molecule has 0 amide bonds. The van der Waals surface area contributed by atoms with Gasteiger partial charge in [-0.3, -0.25) is 9.59 Å². The number of hydrogen-bond acceptors (Lipinski definition) is 3. The zero-order valence-electron chi connectivity index (χ0n) is 12.3. The van der Waals surface area contributed by atoms with Gasteiger partial charge in [-0.25, -0.2) is 0 Å². The molecule has 3 nitrogen and oxygen atoms in total. The third-order valence-electron chi connectivity index (χ3n) is 4.09. The highest BCUT2D eigenvalue weighted by atomic mass is 16.6. The third-order valence-corrected chi connectivity index (χ3v) is 4.09. The molecule has 1 heterocycles. The number of ether oxygens (including phenoxy) is 1. The number of benzene rings is 2. The molecule has 0 saturated carbocycles. The second-order valence-corrected chi connectivity index (χ2v) is 5.75. The first-order valence-corrected chi connectivity index (χ1v) is 7.56. The van der Waals surface area contributed by atoms with E-state index in [4.69, 9.17) is 4.74 Å². The number of esters is 2. The predicted octanol–water partition coefficient (Wildman–Crippen LogP) is 3.18. The van der Waals surface area contributed by atoms with Gasteiger partial charge >= 0.3 is 11.9 Å². The van der Waals surface area contributed by atoms with Crippen molar-refractivity contribution < 1.29 is 14.3 Å². The van der Waals surface area contributed by atoms with Gasteiger partial charge in [-0.05, 0) is 30.4 Å². The molecule has 112 valence electrons. The molecule has 3 rings (SSSR count). The van der Waals surface area contributed by atoms with E-state index in [1.807, 2.05) is 60.7 Å². The van der Waals surface area contributed by atoms with Crippen LogP contribution in [0.4, 0.5) is 0 Å². The number of carbonyl (C=O) groups excluding carboxylic acids is 2. The van der Waals surface area contributed by atoms with E-state index in [0.717, 1.165) is 11.1 Å². The summed E-state index contributed by atoms with van der Waals surface area (Å²) in [6, 6.07) is 19.7. The number of cyclic esters (lactones) is 2. The van der Waals surface area contributed by atoms with Crippen molar-refractivity contribution in [1.29, 1.82) is 0 Å². The molecule has 3 heteroatoms. The first-order chi connectivity index (χ1) is 10.7. The lowest BCUT2D eigenvalue weighted by atomic mass is 9.84. The molecule has 2 atom stereocenters. The lowest BCUT2D eigenvalue weighted by Gasteiger charge is -2.26. The summed E-state index contributed by atoms with van der Waals surface area (Å²) in [6.45, 7) is 0. The van der Waals surface area contributed by atoms with E-state index in [2.05, 4.69) is 0 Å². The van der Waals surface area contributed by atoms with E-state index in [0.29, 0.717) is 19.3 Å². The number of rotatable bonds is 4. The van der Waals surface area contributed by atoms with E-state index in [1.165, 1.54) is 0 Å². The van der Waals surface area contributed by atoms with Crippen molar-refractivity contribution in [2.45, 2.75) is 19.3 Å². The Morgan fingerprint density at radius 2 is 1.14 bits per heavy atom. The lowest BCUT2D eigenvalue weighted by Crippen LogP contribution is -2.36. The minimum atomic E-state index is -0.391. The van der Waals surface area contributed by atoms with Crippen molar-refractivity contribution in [2.24, 2.45) is 11.8 Å². The standard InChI is InChI=1S/C19H18O3/c20-18-16(11-14-7-3-1-4-8-14)13-17(19(21)22-18)12-15-9-5-2-6-10-15/h1-10,16-17H,11-13H2/t16-,17-/m0/s1. The van der Waals surface area contributed by atoms with Gasteiger partial charge in [0.15, 0.2) is 0 Å². The molecule has 0 aromatic heterocycles. The highest BCUT2D eigenvalue weighted by Crippen LogP contribution is 2.27. The van der Waals surface area contributed by atoms with E-state index < -0.39 is 11.9 Å². The molecule has 0 spiro atoms. The van der Waals surface area contributed by atoms with Crippen LogP contribution in [0, 0.1) is 11.8 Å². The Kier molecular flexibility index (Phi) is 4.33. The summed E-state index contributed by atoms with van der Waals surface area (Å²) in [5.41, 5.74) is 2.19. The predicted molar refractivity (Wildman–Crippen MR) is 83.0 cm³/mol. The van der Waals surface area contributed by atoms with Gasteiger partial charge in [0.1, 0.15) is 0 Å². The molecule has 1 saturated heterocycles. The average molecular weight is 294 g/mol. The number of carbonyl (C=O) groups is 2. The van der Waals surface area contributed by atoms with Gasteiger partial charge in [0.2, 0.25) is 0 Å². The van der Waals surface area contributed by atoms with Crippen LogP contribution in [0.25, 0.3) is 0 Å². The van der Waals surface area contributed by atoms with E-state index in [9.17, 15) is 9.59 Å². The summed E-state index contributed by atoms with van der Waals surface area (Å²) in [7, 11) is 0. The molecule has 2 aromatic carbocycles. The van der Waals surface area contributed by atoms with Crippen LogP contribution in [0.5, 0.6) is 0 Å². The smallest absolute Gasteiger partial charge is 0.316 e. The van der Waals surface area contributed by atoms with Crippen molar-refractivity contribution in [3.63, 3.8) is 0 Å². The topological polar surface area (TPSA) is 43.4 Å². The van der Waals surface area contributed by atoms with Crippen molar-refractivity contribution in [2.75, 3.05) is 0 Å². The van der Waals surface area contributed by atoms with Gasteiger partial charge in [-0.15, -0.1) is 0 Å². The van der Waals surface area contributed by atoms with Crippen molar-refractivity contribution in [3.05, 3.63) is 71.8 Å². The minimum absolute atomic E-state index is 0.242. The molecule has 0 bridgehead atoms. The van der Waals surface area contributed by atoms with Gasteiger partial charge in [0.05, 0.1) is 11.8 Å². The Labute approximate surface area is 129 Å². The molecule has 0 radical (unpaired) electrons. The van der Waals surface area contributed by atoms with Crippen molar-refractivity contribution in [1.82, 2.24) is 0 Å². The molecule has 1 aliphatic rings. The fourth-order valence-electron chi connectivity index (χ4n) is 2.93. The summed E-state index contributed by atoms with van der Waals surface area (Å²) in [4.78, 5) is 23.9. The fraction of sp³-hybridized carbons (Fsp3) is 0.263. The normalized spacial score (nSPS) is 21.5. The highest BCUT2D eigenvalue weighted by molar-refractivity contribution is 5.91. The van der Waals surface area contributed by atoms with E-state index >= 15 is 0 Å². The Bertz CT molecular complexity index is 591. The molecule has 1 fully saturated rings. The van der Waals surface area contributed by atoms with Crippen LogP contribution in [0.15, 0.2) is 60.7 Å². The second-order valence-electron chi connectivity index (χ2n) is 5.75. The Morgan fingerprint density at radius 1 is 0.727 bits per heavy atom. The maximum atomic E-state index is 12.0. The molecule has 1 aliphatic heterocycles. The van der Waals surface area contributed by atoms with E-state index in [-0.39, 0.29) is 11.8 Å². The van der Waals surface area contributed by atoms with Crippen molar-refractivity contribution >= 4 is 11.9 Å². The number of hydrogen-bond donors (Lipinski definition) is 0. The largest absolute Gasteiger partial charge is 0.393 e. The Hall–Kier alpha value is -2.42. The molecular formula is C19H18O3. The minimum Gasteiger partial charge on any atom is -0.393 e. The molecular weight excluding hydrogens is 276 g/mol. The van der Waals surface area contributed by atoms with Crippen LogP contribution in [-0.4, -0.2) is 11.9 Å². The summed E-state index contributed by atoms with van der Waals surface area (Å²) in [5, 5.41) is 0. The van der Waals surface area contributed by atoms with Crippen LogP contribution in [0.1, 0.15) is 17.5 Å². The Balaban J connectivity index is 1.70. The van der Waals surface area contributed by atoms with Crippen LogP contribution < -0.4 is 0 Å². The fourth-order valence-corrected chi connectivity index (χ4v) is 2.93. The SMILES string of the molecule is O=C1OC(=O)[C@@H](Cc2ccccc2)C[C@@H]1Cc1ccccc1. The van der Waals surface area contributed by atoms with Gasteiger partial charge in [0.25, 0.3) is 0 Å². The first-order valence-electron chi connectivity index (χ1n) is 7.56. The van der Waals surface area contributed by atoms with E-state index in [1.54, 1.807) is 0 Å². The quantitative estimate of drug-likeness (QED) is 0.642. The second kappa shape index (κ2) is 6.56. The summed E-state index contributed by atoms with van der Waals surface area (Å²) in [5.74, 6) is -1.26. The molecule has 2 aromatic rings. The highest BCUT2D eigenvalue weighted by Gasteiger charge is 2.36. The van der Waals surface area contributed by atoms with Gasteiger partial charge < -0.3 is 4.74 Å². The zero-order chi connectivity index (χ0) is 15.4. The first kappa shape index (κ1) is 14.5. The lowest BCUT2D eigenvalue weighted by molar-refractivity contribution is -0.171. The molecule has 22 heavy (non-hydrogen) atoms. The molecule has 0 aliphatic carbocycles. The Morgan fingerprint density at radius 3 is 1.55 bits per heavy atom. The third kappa shape index (κ3) is 3.42. The van der Waals surface area contributed by atoms with Gasteiger partial charge in [-0.2, -0.15) is 0 Å². The van der Waals surface area contributed by atoms with Crippen molar-refractivity contribution in [3.8, 4) is 0 Å². The maximum Gasteiger partial charge on any atom is 0.316 e. The maximum absolute atomic E-state index is 12.0. The van der Waals surface area contributed by atoms with Gasteiger partial charge in [0, 0.05) is 0 Å². The summed E-state index contributed by atoms with van der Waals surface area (Å²) in [6.07, 6.45) is 1.80. The monoisotopic (exact) mass is 294 g/mol. The summed E-state index contributed by atoms with van der Waals surface area (Å²) < 4.78 is 4.98. The average Bonchev–Trinajstić information content (AvgIpc) is 2.54. The van der Waals surface area contributed by atoms with Crippen LogP contribution in [0.3, 0.4) is 0 Å². The van der Waals surface area contributed by atoms with Crippen LogP contribution in [0.2, 0.25) is 0 Å². The van der Waals surface area contributed by atoms with Crippen LogP contribution >= 0.6 is 0 Å². The molecule has 0 N–H and O–H groups in total. The molecule has 0 unspecified atom stereocenters. The van der Waals surface area contributed by atoms with Crippen LogP contribution in [-0.2, 0) is 27.2 Å².